The van der Waals surface area contributed by atoms with Crippen LogP contribution in [0.2, 0.25) is 0 Å². The van der Waals surface area contributed by atoms with E-state index >= 15 is 0 Å². The summed E-state index contributed by atoms with van der Waals surface area (Å²) in [6.45, 7) is -0.478. The summed E-state index contributed by atoms with van der Waals surface area (Å²) in [5.74, 6) is -1.80. The number of esters is 1. The summed E-state index contributed by atoms with van der Waals surface area (Å²) in [5, 5.41) is 15.9. The van der Waals surface area contributed by atoms with Crippen LogP contribution < -0.4 is 0 Å². The fourth-order valence-electron chi connectivity index (χ4n) is 1.87. The Balaban J connectivity index is 2.44. The first-order chi connectivity index (χ1) is 8.46. The van der Waals surface area contributed by atoms with Gasteiger partial charge in [0.05, 0.1) is 13.2 Å². The van der Waals surface area contributed by atoms with Crippen LogP contribution in [-0.2, 0) is 18.9 Å². The lowest BCUT2D eigenvalue weighted by molar-refractivity contribution is -0.433. The summed E-state index contributed by atoms with van der Waals surface area (Å²) in [7, 11) is 0. The molecule has 0 spiro atoms. The van der Waals surface area contributed by atoms with Crippen LogP contribution >= 0.6 is 12.0 Å². The molecule has 0 saturated heterocycles. The molecule has 9 heteroatoms. The Morgan fingerprint density at radius 3 is 2.50 bits per heavy atom. The van der Waals surface area contributed by atoms with E-state index in [-0.39, 0.29) is 13.2 Å². The van der Waals surface area contributed by atoms with Crippen molar-refractivity contribution in [1.29, 1.82) is 0 Å². The summed E-state index contributed by atoms with van der Waals surface area (Å²) >= 11 is -0.667. The van der Waals surface area contributed by atoms with Crippen molar-refractivity contribution >= 4 is 18.0 Å². The highest BCUT2D eigenvalue weighted by molar-refractivity contribution is 7.96. The molecule has 2 N–H and O–H groups in total. The lowest BCUT2D eigenvalue weighted by Gasteiger charge is -2.26. The highest BCUT2D eigenvalue weighted by Crippen LogP contribution is 2.39. The highest BCUT2D eigenvalue weighted by Gasteiger charge is 2.45. The zero-order chi connectivity index (χ0) is 13.6. The van der Waals surface area contributed by atoms with E-state index in [4.69, 9.17) is 5.26 Å². The Kier molecular flexibility index (Phi) is 5.73. The predicted octanol–water partition coefficient (Wildman–Crippen LogP) is 1.74. The quantitative estimate of drug-likeness (QED) is 0.319. The van der Waals surface area contributed by atoms with Gasteiger partial charge in [-0.25, -0.2) is 10.1 Å². The van der Waals surface area contributed by atoms with Crippen molar-refractivity contribution in [2.75, 3.05) is 13.2 Å². The zero-order valence-corrected chi connectivity index (χ0v) is 10.3. The highest BCUT2D eigenvalue weighted by atomic mass is 32.2. The van der Waals surface area contributed by atoms with E-state index in [0.29, 0.717) is 12.8 Å². The molecule has 1 aliphatic rings. The van der Waals surface area contributed by atoms with Crippen molar-refractivity contribution < 1.29 is 38.0 Å². The maximum absolute atomic E-state index is 13.0. The van der Waals surface area contributed by atoms with Crippen LogP contribution in [0.25, 0.3) is 0 Å². The number of carbonyl (C=O) groups is 1. The molecular weight excluding hydrogens is 274 g/mol. The number of rotatable bonds is 7. The van der Waals surface area contributed by atoms with Gasteiger partial charge in [-0.2, -0.15) is 8.78 Å². The number of ether oxygens (including phenoxy) is 1. The second-order valence-corrected chi connectivity index (χ2v) is 5.00. The minimum atomic E-state index is -3.99. The normalized spacial score (nSPS) is 18.9. The smallest absolute Gasteiger partial charge is 0.415 e. The standard InChI is InChI=1S/C9H14F2O6S/c10-9(11,18-17-16-14)7(13)15-6-8(5-12)3-1-2-4-8/h12,14H,1-6H2. The van der Waals surface area contributed by atoms with E-state index in [1.807, 2.05) is 0 Å². The molecule has 0 heterocycles. The number of alkyl halides is 2. The monoisotopic (exact) mass is 288 g/mol. The fraction of sp³-hybridized carbons (Fsp3) is 0.889. The number of aliphatic hydroxyl groups is 1. The van der Waals surface area contributed by atoms with E-state index in [2.05, 4.69) is 14.1 Å². The van der Waals surface area contributed by atoms with Gasteiger partial charge >= 0.3 is 11.2 Å². The van der Waals surface area contributed by atoms with E-state index in [0.717, 1.165) is 12.8 Å². The topological polar surface area (TPSA) is 85.2 Å². The Hall–Kier alpha value is -0.480. The number of hydrogen-bond acceptors (Lipinski definition) is 7. The van der Waals surface area contributed by atoms with Crippen LogP contribution in [-0.4, -0.2) is 34.8 Å². The van der Waals surface area contributed by atoms with Crippen LogP contribution in [0.4, 0.5) is 8.78 Å². The van der Waals surface area contributed by atoms with Crippen molar-refractivity contribution in [2.45, 2.75) is 30.9 Å². The third kappa shape index (κ3) is 4.02. The first-order valence-electron chi connectivity index (χ1n) is 5.28. The van der Waals surface area contributed by atoms with E-state index < -0.39 is 28.7 Å². The molecule has 0 aromatic heterocycles. The average molecular weight is 288 g/mol. The van der Waals surface area contributed by atoms with E-state index in [1.54, 1.807) is 0 Å². The number of halogens is 2. The molecule has 0 unspecified atom stereocenters. The summed E-state index contributed by atoms with van der Waals surface area (Å²) in [4.78, 5) is 11.1. The molecule has 0 atom stereocenters. The number of hydrogen-bond donors (Lipinski definition) is 2. The van der Waals surface area contributed by atoms with E-state index in [9.17, 15) is 18.7 Å². The van der Waals surface area contributed by atoms with Crippen LogP contribution in [0.3, 0.4) is 0 Å². The van der Waals surface area contributed by atoms with Crippen LogP contribution in [0.15, 0.2) is 0 Å². The molecule has 0 aliphatic heterocycles. The van der Waals surface area contributed by atoms with Gasteiger partial charge in [0, 0.05) is 5.41 Å². The summed E-state index contributed by atoms with van der Waals surface area (Å²) in [6, 6.07) is 0. The van der Waals surface area contributed by atoms with Crippen molar-refractivity contribution in [2.24, 2.45) is 5.41 Å². The zero-order valence-electron chi connectivity index (χ0n) is 9.43. The molecule has 1 aliphatic carbocycles. The Labute approximate surface area is 106 Å². The van der Waals surface area contributed by atoms with Gasteiger partial charge in [0.2, 0.25) is 0 Å². The second kappa shape index (κ2) is 6.62. The molecule has 0 radical (unpaired) electrons. The maximum Gasteiger partial charge on any atom is 0.415 e. The first kappa shape index (κ1) is 15.6. The minimum absolute atomic E-state index is 0.213. The Morgan fingerprint density at radius 1 is 1.39 bits per heavy atom. The summed E-state index contributed by atoms with van der Waals surface area (Å²) < 4.78 is 34.0. The molecule has 1 fully saturated rings. The number of carbonyl (C=O) groups excluding carboxylic acids is 1. The minimum Gasteiger partial charge on any atom is -0.460 e. The fourth-order valence-corrected chi connectivity index (χ4v) is 2.11. The lowest BCUT2D eigenvalue weighted by Crippen LogP contribution is -2.34. The van der Waals surface area contributed by atoms with Gasteiger partial charge in [-0.3, -0.25) is 0 Å². The summed E-state index contributed by atoms with van der Waals surface area (Å²) in [5.41, 5.74) is -0.620. The van der Waals surface area contributed by atoms with Crippen LogP contribution in [0.5, 0.6) is 0 Å². The SMILES string of the molecule is O=C(OCC1(CO)CCCC1)C(F)(F)SOOO. The van der Waals surface area contributed by atoms with Gasteiger partial charge in [0.15, 0.2) is 0 Å². The molecular formula is C9H14F2O6S. The van der Waals surface area contributed by atoms with Crippen LogP contribution in [0, 0.1) is 5.41 Å². The van der Waals surface area contributed by atoms with Gasteiger partial charge < -0.3 is 9.84 Å². The molecule has 0 aromatic rings. The van der Waals surface area contributed by atoms with Crippen molar-refractivity contribution in [1.82, 2.24) is 0 Å². The molecule has 1 rings (SSSR count). The lowest BCUT2D eigenvalue weighted by atomic mass is 9.88. The van der Waals surface area contributed by atoms with E-state index in [1.165, 1.54) is 0 Å². The molecule has 106 valence electrons. The molecule has 6 nitrogen and oxygen atoms in total. The van der Waals surface area contributed by atoms with Gasteiger partial charge in [0.1, 0.15) is 12.0 Å². The Bertz CT molecular complexity index is 282. The average Bonchev–Trinajstić information content (AvgIpc) is 2.83. The van der Waals surface area contributed by atoms with Gasteiger partial charge in [0.25, 0.3) is 0 Å². The Morgan fingerprint density at radius 2 is 2.00 bits per heavy atom. The van der Waals surface area contributed by atoms with Crippen molar-refractivity contribution in [3.05, 3.63) is 0 Å². The molecule has 18 heavy (non-hydrogen) atoms. The molecule has 0 aromatic carbocycles. The van der Waals surface area contributed by atoms with Gasteiger partial charge in [-0.15, -0.1) is 4.33 Å². The largest absolute Gasteiger partial charge is 0.460 e. The molecule has 1 saturated carbocycles. The number of aliphatic hydroxyl groups excluding tert-OH is 1. The van der Waals surface area contributed by atoms with Crippen molar-refractivity contribution in [3.63, 3.8) is 0 Å². The van der Waals surface area contributed by atoms with Crippen LogP contribution in [0.1, 0.15) is 25.7 Å². The molecule has 0 bridgehead atoms. The predicted molar refractivity (Wildman–Crippen MR) is 56.3 cm³/mol. The molecule has 0 amide bonds. The first-order valence-corrected chi connectivity index (χ1v) is 6.02. The van der Waals surface area contributed by atoms with Gasteiger partial charge in [-0.05, 0) is 12.8 Å². The third-order valence-corrected chi connectivity index (χ3v) is 3.42. The maximum atomic E-state index is 13.0. The third-order valence-electron chi connectivity index (χ3n) is 2.92. The van der Waals surface area contributed by atoms with Crippen molar-refractivity contribution in [3.8, 4) is 0 Å². The second-order valence-electron chi connectivity index (χ2n) is 4.18. The van der Waals surface area contributed by atoms with Gasteiger partial charge in [-0.1, -0.05) is 17.9 Å². The summed E-state index contributed by atoms with van der Waals surface area (Å²) in [6.07, 6.45) is 2.99.